The van der Waals surface area contributed by atoms with Crippen molar-refractivity contribution in [3.05, 3.63) is 41.7 Å². The van der Waals surface area contributed by atoms with Crippen LogP contribution in [0, 0.1) is 0 Å². The number of benzene rings is 1. The van der Waals surface area contributed by atoms with Crippen LogP contribution in [0.2, 0.25) is 0 Å². The number of aliphatic imine (C=N–C) groups is 1. The number of halogens is 1. The Hall–Kier alpha value is -1.24. The zero-order chi connectivity index (χ0) is 16.1. The van der Waals surface area contributed by atoms with Gasteiger partial charge in [0.25, 0.3) is 0 Å². The maximum atomic E-state index is 6.21. The fourth-order valence-electron chi connectivity index (χ4n) is 3.38. The summed E-state index contributed by atoms with van der Waals surface area (Å²) >= 11 is 0. The minimum atomic E-state index is 0. The normalized spacial score (nSPS) is 16.4. The van der Waals surface area contributed by atoms with Crippen molar-refractivity contribution >= 4 is 35.6 Å². The monoisotopic (exact) mass is 440 g/mol. The van der Waals surface area contributed by atoms with E-state index in [0.29, 0.717) is 5.96 Å². The van der Waals surface area contributed by atoms with Gasteiger partial charge in [-0.1, -0.05) is 50.8 Å². The highest BCUT2D eigenvalue weighted by molar-refractivity contribution is 14.0. The van der Waals surface area contributed by atoms with Crippen molar-refractivity contribution in [3.8, 4) is 0 Å². The van der Waals surface area contributed by atoms with E-state index in [2.05, 4.69) is 52.1 Å². The maximum Gasteiger partial charge on any atom is 0.198 e. The highest BCUT2D eigenvalue weighted by Crippen LogP contribution is 2.31. The van der Waals surface area contributed by atoms with E-state index in [9.17, 15) is 0 Å². The number of anilines is 1. The lowest BCUT2D eigenvalue weighted by Crippen LogP contribution is -2.41. The summed E-state index contributed by atoms with van der Waals surface area (Å²) in [6.45, 7) is 5.13. The van der Waals surface area contributed by atoms with Gasteiger partial charge in [0, 0.05) is 25.3 Å². The van der Waals surface area contributed by atoms with Crippen LogP contribution in [-0.4, -0.2) is 30.5 Å². The third-order valence-corrected chi connectivity index (χ3v) is 4.74. The van der Waals surface area contributed by atoms with E-state index in [1.165, 1.54) is 43.4 Å². The van der Waals surface area contributed by atoms with Crippen molar-refractivity contribution in [1.82, 2.24) is 4.90 Å². The Balaban J connectivity index is 0.00000208. The summed E-state index contributed by atoms with van der Waals surface area (Å²) in [5.74, 6) is 1.68. The van der Waals surface area contributed by atoms with E-state index < -0.39 is 0 Å². The van der Waals surface area contributed by atoms with E-state index in [1.807, 2.05) is 0 Å². The summed E-state index contributed by atoms with van der Waals surface area (Å²) < 4.78 is 0. The molecule has 3 rings (SSSR count). The van der Waals surface area contributed by atoms with Crippen LogP contribution in [0.25, 0.3) is 0 Å². The molecule has 1 aromatic carbocycles. The third-order valence-electron chi connectivity index (χ3n) is 4.74. The Morgan fingerprint density at radius 1 is 1.12 bits per heavy atom. The smallest absolute Gasteiger partial charge is 0.198 e. The molecule has 132 valence electrons. The van der Waals surface area contributed by atoms with E-state index in [0.717, 1.165) is 31.9 Å². The molecule has 0 saturated heterocycles. The second-order valence-electron chi connectivity index (χ2n) is 6.42. The average molecular weight is 440 g/mol. The molecule has 2 heterocycles. The molecule has 0 amide bonds. The van der Waals surface area contributed by atoms with Gasteiger partial charge in [0.2, 0.25) is 0 Å². The summed E-state index contributed by atoms with van der Waals surface area (Å²) in [6.07, 6.45) is 9.74. The number of guanidine groups is 1. The Bertz CT molecular complexity index is 597. The predicted octanol–water partition coefficient (Wildman–Crippen LogP) is 4.11. The van der Waals surface area contributed by atoms with Gasteiger partial charge in [-0.2, -0.15) is 4.99 Å². The van der Waals surface area contributed by atoms with E-state index in [4.69, 9.17) is 5.73 Å². The van der Waals surface area contributed by atoms with E-state index in [-0.39, 0.29) is 24.0 Å². The predicted molar refractivity (Wildman–Crippen MR) is 113 cm³/mol. The molecule has 2 aliphatic heterocycles. The van der Waals surface area contributed by atoms with Crippen LogP contribution in [0.3, 0.4) is 0 Å². The lowest BCUT2D eigenvalue weighted by atomic mass is 10.1. The van der Waals surface area contributed by atoms with Crippen molar-refractivity contribution in [1.29, 1.82) is 0 Å². The molecule has 0 bridgehead atoms. The Kier molecular flexibility index (Phi) is 7.40. The fourth-order valence-corrected chi connectivity index (χ4v) is 3.38. The molecule has 2 N–H and O–H groups in total. The quantitative estimate of drug-likeness (QED) is 0.513. The molecule has 5 heteroatoms. The van der Waals surface area contributed by atoms with E-state index in [1.54, 1.807) is 0 Å². The highest BCUT2D eigenvalue weighted by Gasteiger charge is 2.24. The first-order valence-corrected chi connectivity index (χ1v) is 8.94. The first-order valence-electron chi connectivity index (χ1n) is 8.94. The van der Waals surface area contributed by atoms with Gasteiger partial charge in [-0.15, -0.1) is 24.0 Å². The van der Waals surface area contributed by atoms with Gasteiger partial charge in [0.05, 0.1) is 0 Å². The van der Waals surface area contributed by atoms with Crippen molar-refractivity contribution in [3.63, 3.8) is 0 Å². The first kappa shape index (κ1) is 19.1. The number of fused-ring (bicyclic) bond motifs is 1. The number of nitrogens with two attached hydrogens (primary N) is 1. The average Bonchev–Trinajstić information content (AvgIpc) is 3.00. The molecule has 0 unspecified atom stereocenters. The summed E-state index contributed by atoms with van der Waals surface area (Å²) in [5.41, 5.74) is 8.89. The minimum absolute atomic E-state index is 0. The molecule has 0 radical (unpaired) electrons. The van der Waals surface area contributed by atoms with Crippen molar-refractivity contribution in [2.75, 3.05) is 24.5 Å². The lowest BCUT2D eigenvalue weighted by molar-refractivity contribution is 0.424. The lowest BCUT2D eigenvalue weighted by Gasteiger charge is -2.29. The van der Waals surface area contributed by atoms with Gasteiger partial charge >= 0.3 is 0 Å². The summed E-state index contributed by atoms with van der Waals surface area (Å²) in [4.78, 5) is 9.15. The van der Waals surface area contributed by atoms with Crippen molar-refractivity contribution in [2.24, 2.45) is 10.7 Å². The molecule has 0 fully saturated rings. The van der Waals surface area contributed by atoms with Crippen LogP contribution >= 0.6 is 24.0 Å². The first-order chi connectivity index (χ1) is 11.3. The summed E-state index contributed by atoms with van der Waals surface area (Å²) in [7, 11) is 0. The van der Waals surface area contributed by atoms with Crippen molar-refractivity contribution in [2.45, 2.75) is 45.4 Å². The van der Waals surface area contributed by atoms with Crippen LogP contribution in [0.5, 0.6) is 0 Å². The van der Waals surface area contributed by atoms with Crippen LogP contribution < -0.4 is 10.6 Å². The second-order valence-corrected chi connectivity index (χ2v) is 6.42. The molecule has 4 nitrogen and oxygen atoms in total. The van der Waals surface area contributed by atoms with Gasteiger partial charge in [0.15, 0.2) is 5.96 Å². The second kappa shape index (κ2) is 9.30. The van der Waals surface area contributed by atoms with Gasteiger partial charge in [-0.3, -0.25) is 0 Å². The Morgan fingerprint density at radius 2 is 1.92 bits per heavy atom. The van der Waals surface area contributed by atoms with Gasteiger partial charge in [-0.05, 0) is 30.5 Å². The molecule has 0 aliphatic carbocycles. The summed E-state index contributed by atoms with van der Waals surface area (Å²) in [5, 5.41) is 0. The molecular weight excluding hydrogens is 411 g/mol. The SMILES string of the molecule is CCCCCCCN1CC=C(N2CCc3ccccc32)N=C1N.I. The van der Waals surface area contributed by atoms with Gasteiger partial charge < -0.3 is 15.5 Å². The Morgan fingerprint density at radius 3 is 2.71 bits per heavy atom. The molecular formula is C19H29IN4. The van der Waals surface area contributed by atoms with Crippen LogP contribution in [0.4, 0.5) is 5.69 Å². The molecule has 0 saturated carbocycles. The topological polar surface area (TPSA) is 44.9 Å². The zero-order valence-electron chi connectivity index (χ0n) is 14.6. The fraction of sp³-hybridized carbons (Fsp3) is 0.526. The number of para-hydroxylation sites is 1. The molecule has 1 aromatic rings. The molecule has 0 aromatic heterocycles. The minimum Gasteiger partial charge on any atom is -0.369 e. The van der Waals surface area contributed by atoms with Crippen LogP contribution in [-0.2, 0) is 6.42 Å². The molecule has 0 spiro atoms. The van der Waals surface area contributed by atoms with E-state index >= 15 is 0 Å². The molecule has 24 heavy (non-hydrogen) atoms. The molecule has 0 atom stereocenters. The number of hydrogen-bond donors (Lipinski definition) is 1. The number of nitrogens with zero attached hydrogens (tertiary/aromatic N) is 3. The maximum absolute atomic E-state index is 6.21. The summed E-state index contributed by atoms with van der Waals surface area (Å²) in [6, 6.07) is 8.58. The third kappa shape index (κ3) is 4.43. The largest absolute Gasteiger partial charge is 0.369 e. The Labute approximate surface area is 162 Å². The van der Waals surface area contributed by atoms with Gasteiger partial charge in [-0.25, -0.2) is 0 Å². The highest BCUT2D eigenvalue weighted by atomic mass is 127. The van der Waals surface area contributed by atoms with Crippen molar-refractivity contribution < 1.29 is 0 Å². The number of rotatable bonds is 7. The number of hydrogen-bond acceptors (Lipinski definition) is 4. The zero-order valence-corrected chi connectivity index (χ0v) is 16.9. The van der Waals surface area contributed by atoms with Crippen LogP contribution in [0.15, 0.2) is 41.2 Å². The number of unbranched alkanes of at least 4 members (excludes halogenated alkanes) is 4. The van der Waals surface area contributed by atoms with Crippen LogP contribution in [0.1, 0.15) is 44.6 Å². The standard InChI is InChI=1S/C19H28N4.HI/c1-2-3-4-5-8-13-22-14-12-18(21-19(22)20)23-15-11-16-9-6-7-10-17(16)23;/h6-7,9-10,12H,2-5,8,11,13-15H2,1H3,(H2,20,21);1H. The van der Waals surface area contributed by atoms with Gasteiger partial charge in [0.1, 0.15) is 5.82 Å². The molecule has 2 aliphatic rings.